The molecule has 0 aliphatic heterocycles. The number of nitrogens with two attached hydrogens (primary N) is 1. The molecule has 0 aliphatic carbocycles. The van der Waals surface area contributed by atoms with Gasteiger partial charge in [0.1, 0.15) is 0 Å². The molecule has 0 heterocycles. The number of likely N-dealkylation sites (N-methyl/N-ethyl adjacent to an activating group) is 1. The average molecular weight is 188 g/mol. The van der Waals surface area contributed by atoms with Crippen LogP contribution < -0.4 is 5.73 Å². The van der Waals surface area contributed by atoms with E-state index in [1.165, 1.54) is 12.8 Å². The second-order valence-corrected chi connectivity index (χ2v) is 3.35. The highest BCUT2D eigenvalue weighted by molar-refractivity contribution is 4.51. The predicted octanol–water partition coefficient (Wildman–Crippen LogP) is 1.08. The van der Waals surface area contributed by atoms with E-state index in [0.29, 0.717) is 0 Å². The SMILES string of the molecule is CCOCCN(C)CCCCCN. The number of nitrogens with zero attached hydrogens (tertiary/aromatic N) is 1. The fourth-order valence-corrected chi connectivity index (χ4v) is 1.18. The van der Waals surface area contributed by atoms with Gasteiger partial charge in [0.05, 0.1) is 6.61 Å². The molecular weight excluding hydrogens is 164 g/mol. The van der Waals surface area contributed by atoms with E-state index >= 15 is 0 Å². The monoisotopic (exact) mass is 188 g/mol. The topological polar surface area (TPSA) is 38.5 Å². The fourth-order valence-electron chi connectivity index (χ4n) is 1.18. The molecule has 3 heteroatoms. The molecule has 0 bridgehead atoms. The first-order valence-electron chi connectivity index (χ1n) is 5.27. The maximum atomic E-state index is 5.41. The van der Waals surface area contributed by atoms with Crippen molar-refractivity contribution in [3.05, 3.63) is 0 Å². The van der Waals surface area contributed by atoms with Gasteiger partial charge in [-0.1, -0.05) is 6.42 Å². The minimum Gasteiger partial charge on any atom is -0.380 e. The average Bonchev–Trinajstić information content (AvgIpc) is 2.13. The van der Waals surface area contributed by atoms with E-state index in [-0.39, 0.29) is 0 Å². The molecule has 0 amide bonds. The summed E-state index contributed by atoms with van der Waals surface area (Å²) in [7, 11) is 2.14. The summed E-state index contributed by atoms with van der Waals surface area (Å²) in [5.41, 5.74) is 5.41. The van der Waals surface area contributed by atoms with Crippen LogP contribution in [0, 0.1) is 0 Å². The van der Waals surface area contributed by atoms with Gasteiger partial charge in [-0.3, -0.25) is 0 Å². The summed E-state index contributed by atoms with van der Waals surface area (Å²) in [5.74, 6) is 0. The molecule has 0 fully saturated rings. The number of hydrogen-bond donors (Lipinski definition) is 1. The van der Waals surface area contributed by atoms with Gasteiger partial charge in [-0.2, -0.15) is 0 Å². The Morgan fingerprint density at radius 3 is 2.54 bits per heavy atom. The summed E-state index contributed by atoms with van der Waals surface area (Å²) < 4.78 is 5.27. The van der Waals surface area contributed by atoms with Crippen molar-refractivity contribution in [1.29, 1.82) is 0 Å². The lowest BCUT2D eigenvalue weighted by atomic mass is 10.2. The third-order valence-electron chi connectivity index (χ3n) is 2.07. The molecule has 0 radical (unpaired) electrons. The van der Waals surface area contributed by atoms with Gasteiger partial charge in [-0.05, 0) is 39.9 Å². The standard InChI is InChI=1S/C10H24N2O/c1-3-13-10-9-12(2)8-6-4-5-7-11/h3-11H2,1-2H3. The Balaban J connectivity index is 3.05. The maximum absolute atomic E-state index is 5.41. The Kier molecular flexibility index (Phi) is 9.87. The highest BCUT2D eigenvalue weighted by Crippen LogP contribution is 1.95. The summed E-state index contributed by atoms with van der Waals surface area (Å²) in [6.07, 6.45) is 3.65. The van der Waals surface area contributed by atoms with Crippen molar-refractivity contribution in [1.82, 2.24) is 4.90 Å². The summed E-state index contributed by atoms with van der Waals surface area (Å²) in [5, 5.41) is 0. The van der Waals surface area contributed by atoms with Crippen molar-refractivity contribution in [3.63, 3.8) is 0 Å². The minimum absolute atomic E-state index is 0.820. The van der Waals surface area contributed by atoms with Crippen LogP contribution in [0.1, 0.15) is 26.2 Å². The Labute approximate surface area is 82.2 Å². The molecule has 0 aromatic rings. The molecule has 3 nitrogen and oxygen atoms in total. The van der Waals surface area contributed by atoms with Crippen LogP contribution >= 0.6 is 0 Å². The Hall–Kier alpha value is -0.120. The van der Waals surface area contributed by atoms with Crippen molar-refractivity contribution in [2.45, 2.75) is 26.2 Å². The lowest BCUT2D eigenvalue weighted by molar-refractivity contribution is 0.121. The third-order valence-corrected chi connectivity index (χ3v) is 2.07. The quantitative estimate of drug-likeness (QED) is 0.550. The number of rotatable bonds is 9. The summed E-state index contributed by atoms with van der Waals surface area (Å²) in [6.45, 7) is 6.72. The van der Waals surface area contributed by atoms with E-state index in [9.17, 15) is 0 Å². The van der Waals surface area contributed by atoms with E-state index in [1.807, 2.05) is 6.92 Å². The lowest BCUT2D eigenvalue weighted by Crippen LogP contribution is -2.24. The van der Waals surface area contributed by atoms with E-state index in [4.69, 9.17) is 10.5 Å². The van der Waals surface area contributed by atoms with Crippen molar-refractivity contribution >= 4 is 0 Å². The number of hydrogen-bond acceptors (Lipinski definition) is 3. The van der Waals surface area contributed by atoms with Gasteiger partial charge in [0.25, 0.3) is 0 Å². The van der Waals surface area contributed by atoms with Crippen LogP contribution in [-0.2, 0) is 4.74 Å². The summed E-state index contributed by atoms with van der Waals surface area (Å²) >= 11 is 0. The number of ether oxygens (including phenoxy) is 1. The predicted molar refractivity (Wildman–Crippen MR) is 56.9 cm³/mol. The largest absolute Gasteiger partial charge is 0.380 e. The molecule has 2 N–H and O–H groups in total. The molecule has 13 heavy (non-hydrogen) atoms. The second kappa shape index (κ2) is 9.96. The summed E-state index contributed by atoms with van der Waals surface area (Å²) in [6, 6.07) is 0. The second-order valence-electron chi connectivity index (χ2n) is 3.35. The zero-order valence-corrected chi connectivity index (χ0v) is 9.09. The van der Waals surface area contributed by atoms with Gasteiger partial charge in [0, 0.05) is 13.2 Å². The zero-order chi connectivity index (χ0) is 9.94. The van der Waals surface area contributed by atoms with Gasteiger partial charge >= 0.3 is 0 Å². The Bertz CT molecular complexity index is 98.9. The van der Waals surface area contributed by atoms with Gasteiger partial charge in [-0.15, -0.1) is 0 Å². The van der Waals surface area contributed by atoms with Crippen LogP contribution in [0.25, 0.3) is 0 Å². The van der Waals surface area contributed by atoms with Crippen LogP contribution in [0.15, 0.2) is 0 Å². The fraction of sp³-hybridized carbons (Fsp3) is 1.00. The van der Waals surface area contributed by atoms with Crippen LogP contribution in [0.4, 0.5) is 0 Å². The normalized spacial score (nSPS) is 11.1. The maximum Gasteiger partial charge on any atom is 0.0593 e. The van der Waals surface area contributed by atoms with Gasteiger partial charge in [0.15, 0.2) is 0 Å². The molecule has 0 aliphatic rings. The molecule has 0 atom stereocenters. The highest BCUT2D eigenvalue weighted by Gasteiger charge is 1.96. The highest BCUT2D eigenvalue weighted by atomic mass is 16.5. The Morgan fingerprint density at radius 1 is 1.15 bits per heavy atom. The summed E-state index contributed by atoms with van der Waals surface area (Å²) in [4.78, 5) is 2.31. The van der Waals surface area contributed by atoms with Crippen LogP contribution in [0.5, 0.6) is 0 Å². The van der Waals surface area contributed by atoms with Gasteiger partial charge in [0.2, 0.25) is 0 Å². The minimum atomic E-state index is 0.820. The molecule has 0 aromatic heterocycles. The van der Waals surface area contributed by atoms with Crippen molar-refractivity contribution in [3.8, 4) is 0 Å². The molecule has 0 aromatic carbocycles. The zero-order valence-electron chi connectivity index (χ0n) is 9.09. The molecule has 0 saturated carbocycles. The van der Waals surface area contributed by atoms with Crippen molar-refractivity contribution in [2.75, 3.05) is 39.9 Å². The molecular formula is C10H24N2O. The van der Waals surface area contributed by atoms with E-state index < -0.39 is 0 Å². The van der Waals surface area contributed by atoms with Crippen molar-refractivity contribution < 1.29 is 4.74 Å². The van der Waals surface area contributed by atoms with E-state index in [0.717, 1.165) is 39.3 Å². The van der Waals surface area contributed by atoms with E-state index in [1.54, 1.807) is 0 Å². The molecule has 0 spiro atoms. The molecule has 0 unspecified atom stereocenters. The number of unbranched alkanes of at least 4 members (excludes halogenated alkanes) is 2. The van der Waals surface area contributed by atoms with Crippen LogP contribution in [0.2, 0.25) is 0 Å². The Morgan fingerprint density at radius 2 is 1.92 bits per heavy atom. The first-order chi connectivity index (χ1) is 6.31. The van der Waals surface area contributed by atoms with Gasteiger partial charge < -0.3 is 15.4 Å². The smallest absolute Gasteiger partial charge is 0.0593 e. The van der Waals surface area contributed by atoms with Gasteiger partial charge in [-0.25, -0.2) is 0 Å². The van der Waals surface area contributed by atoms with E-state index in [2.05, 4.69) is 11.9 Å². The first kappa shape index (κ1) is 12.9. The first-order valence-corrected chi connectivity index (χ1v) is 5.27. The third kappa shape index (κ3) is 9.80. The van der Waals surface area contributed by atoms with Crippen LogP contribution in [-0.4, -0.2) is 44.8 Å². The van der Waals surface area contributed by atoms with Crippen LogP contribution in [0.3, 0.4) is 0 Å². The lowest BCUT2D eigenvalue weighted by Gasteiger charge is -2.15. The molecule has 0 saturated heterocycles. The van der Waals surface area contributed by atoms with Crippen molar-refractivity contribution in [2.24, 2.45) is 5.73 Å². The molecule has 80 valence electrons. The molecule has 0 rings (SSSR count).